The first-order chi connectivity index (χ1) is 10.9. The molecule has 1 unspecified atom stereocenters. The molecular weight excluding hydrogens is 367 g/mol. The number of allylic oxidation sites excluding steroid dienone is 2. The van der Waals surface area contributed by atoms with E-state index in [1.807, 2.05) is 6.07 Å². The first kappa shape index (κ1) is 17.0. The zero-order valence-corrected chi connectivity index (χ0v) is 14.1. The Labute approximate surface area is 141 Å². The molecule has 0 saturated carbocycles. The Morgan fingerprint density at radius 1 is 1.57 bits per heavy atom. The van der Waals surface area contributed by atoms with Crippen LogP contribution in [0.15, 0.2) is 45.5 Å². The van der Waals surface area contributed by atoms with E-state index in [-0.39, 0.29) is 35.0 Å². The van der Waals surface area contributed by atoms with Crippen LogP contribution in [0.25, 0.3) is 0 Å². The van der Waals surface area contributed by atoms with Gasteiger partial charge in [-0.2, -0.15) is 5.26 Å². The van der Waals surface area contributed by atoms with Crippen LogP contribution in [0.4, 0.5) is 4.39 Å². The first-order valence-electron chi connectivity index (χ1n) is 6.81. The number of ether oxygens (including phenoxy) is 2. The van der Waals surface area contributed by atoms with Gasteiger partial charge in [0.25, 0.3) is 0 Å². The topological polar surface area (TPSA) is 85.3 Å². The molecule has 1 heterocycles. The minimum Gasteiger partial charge on any atom is -0.463 e. The van der Waals surface area contributed by atoms with Crippen molar-refractivity contribution < 1.29 is 18.7 Å². The van der Waals surface area contributed by atoms with Crippen molar-refractivity contribution in [3.8, 4) is 6.07 Å². The molecule has 0 fully saturated rings. The number of nitrogens with zero attached hydrogens (tertiary/aromatic N) is 1. The Balaban J connectivity index is 2.66. The summed E-state index contributed by atoms with van der Waals surface area (Å²) in [6.07, 6.45) is 0. The largest absolute Gasteiger partial charge is 0.463 e. The van der Waals surface area contributed by atoms with Gasteiger partial charge in [0.2, 0.25) is 5.88 Å². The maximum absolute atomic E-state index is 14.4. The molecule has 0 spiro atoms. The number of benzene rings is 1. The van der Waals surface area contributed by atoms with Gasteiger partial charge in [-0.1, -0.05) is 22.0 Å². The fraction of sp³-hybridized carbons (Fsp3) is 0.250. The Morgan fingerprint density at radius 3 is 2.83 bits per heavy atom. The number of halogens is 2. The van der Waals surface area contributed by atoms with Crippen molar-refractivity contribution in [2.75, 3.05) is 6.61 Å². The summed E-state index contributed by atoms with van der Waals surface area (Å²) in [5.74, 6) is -2.17. The predicted molar refractivity (Wildman–Crippen MR) is 84.1 cm³/mol. The lowest BCUT2D eigenvalue weighted by Gasteiger charge is -2.27. The average Bonchev–Trinajstić information content (AvgIpc) is 2.46. The molecule has 0 saturated heterocycles. The number of hydrogen-bond donors (Lipinski definition) is 1. The summed E-state index contributed by atoms with van der Waals surface area (Å²) in [7, 11) is 0. The summed E-state index contributed by atoms with van der Waals surface area (Å²) in [6, 6.07) is 6.27. The number of nitrogens with two attached hydrogens (primary N) is 1. The van der Waals surface area contributed by atoms with Gasteiger partial charge in [-0.15, -0.1) is 0 Å². The molecule has 1 aromatic rings. The lowest BCUT2D eigenvalue weighted by Crippen LogP contribution is -2.26. The quantitative estimate of drug-likeness (QED) is 0.813. The lowest BCUT2D eigenvalue weighted by atomic mass is 9.83. The Hall–Kier alpha value is -2.33. The molecule has 120 valence electrons. The summed E-state index contributed by atoms with van der Waals surface area (Å²) in [6.45, 7) is 3.32. The van der Waals surface area contributed by atoms with Gasteiger partial charge in [0.05, 0.1) is 18.1 Å². The monoisotopic (exact) mass is 380 g/mol. The fourth-order valence-electron chi connectivity index (χ4n) is 2.40. The van der Waals surface area contributed by atoms with E-state index in [4.69, 9.17) is 15.2 Å². The molecule has 1 aromatic carbocycles. The molecule has 0 aliphatic carbocycles. The summed E-state index contributed by atoms with van der Waals surface area (Å²) in [4.78, 5) is 12.3. The van der Waals surface area contributed by atoms with E-state index < -0.39 is 17.7 Å². The molecule has 0 bridgehead atoms. The van der Waals surface area contributed by atoms with E-state index in [2.05, 4.69) is 15.9 Å². The van der Waals surface area contributed by atoms with Gasteiger partial charge in [0.1, 0.15) is 23.2 Å². The molecule has 0 radical (unpaired) electrons. The third-order valence-electron chi connectivity index (χ3n) is 3.37. The molecule has 1 atom stereocenters. The number of esters is 1. The van der Waals surface area contributed by atoms with Crippen molar-refractivity contribution in [3.63, 3.8) is 0 Å². The molecular formula is C16H14BrFN2O3. The van der Waals surface area contributed by atoms with Gasteiger partial charge < -0.3 is 15.2 Å². The minimum absolute atomic E-state index is 0.0279. The van der Waals surface area contributed by atoms with Gasteiger partial charge in [-0.05, 0) is 26.0 Å². The second-order valence-corrected chi connectivity index (χ2v) is 5.70. The van der Waals surface area contributed by atoms with Crippen LogP contribution in [-0.2, 0) is 14.3 Å². The third kappa shape index (κ3) is 3.22. The molecule has 1 aliphatic rings. The lowest BCUT2D eigenvalue weighted by molar-refractivity contribution is -0.139. The second kappa shape index (κ2) is 6.84. The highest BCUT2D eigenvalue weighted by Crippen LogP contribution is 2.40. The molecule has 23 heavy (non-hydrogen) atoms. The molecule has 5 nitrogen and oxygen atoms in total. The van der Waals surface area contributed by atoms with Crippen LogP contribution in [-0.4, -0.2) is 12.6 Å². The fourth-order valence-corrected chi connectivity index (χ4v) is 2.73. The van der Waals surface area contributed by atoms with E-state index >= 15 is 0 Å². The Morgan fingerprint density at radius 2 is 2.26 bits per heavy atom. The van der Waals surface area contributed by atoms with Crippen molar-refractivity contribution in [2.45, 2.75) is 19.8 Å². The van der Waals surface area contributed by atoms with Crippen molar-refractivity contribution in [2.24, 2.45) is 5.73 Å². The smallest absolute Gasteiger partial charge is 0.338 e. The normalized spacial score (nSPS) is 17.6. The van der Waals surface area contributed by atoms with E-state index in [1.54, 1.807) is 13.0 Å². The maximum atomic E-state index is 14.4. The zero-order valence-electron chi connectivity index (χ0n) is 12.5. The first-order valence-corrected chi connectivity index (χ1v) is 7.60. The standard InChI is InChI=1S/C16H14BrFN2O3/c1-3-22-16(21)13-8(2)23-15(20)11(7-19)14(13)10-5-4-9(17)6-12(10)18/h4-6,14H,3,20H2,1-2H3. The van der Waals surface area contributed by atoms with Crippen molar-refractivity contribution >= 4 is 21.9 Å². The third-order valence-corrected chi connectivity index (χ3v) is 3.87. The highest BCUT2D eigenvalue weighted by Gasteiger charge is 2.37. The van der Waals surface area contributed by atoms with Gasteiger partial charge in [-0.25, -0.2) is 9.18 Å². The number of hydrogen-bond acceptors (Lipinski definition) is 5. The van der Waals surface area contributed by atoms with Crippen LogP contribution in [0.3, 0.4) is 0 Å². The highest BCUT2D eigenvalue weighted by molar-refractivity contribution is 9.10. The average molecular weight is 381 g/mol. The van der Waals surface area contributed by atoms with Crippen LogP contribution in [0.2, 0.25) is 0 Å². The molecule has 0 amide bonds. The van der Waals surface area contributed by atoms with E-state index in [9.17, 15) is 14.4 Å². The Kier molecular flexibility index (Phi) is 5.06. The van der Waals surface area contributed by atoms with Crippen LogP contribution >= 0.6 is 15.9 Å². The SMILES string of the molecule is CCOC(=O)C1=C(C)OC(N)=C(C#N)C1c1ccc(Br)cc1F. The molecule has 2 N–H and O–H groups in total. The number of carbonyl (C=O) groups is 1. The maximum Gasteiger partial charge on any atom is 0.338 e. The van der Waals surface area contributed by atoms with Gasteiger partial charge in [-0.3, -0.25) is 0 Å². The van der Waals surface area contributed by atoms with Crippen LogP contribution in [0.1, 0.15) is 25.3 Å². The van der Waals surface area contributed by atoms with Gasteiger partial charge in [0.15, 0.2) is 0 Å². The number of nitriles is 1. The summed E-state index contributed by atoms with van der Waals surface area (Å²) in [5.41, 5.74) is 5.93. The summed E-state index contributed by atoms with van der Waals surface area (Å²) < 4.78 is 25.2. The second-order valence-electron chi connectivity index (χ2n) is 4.78. The van der Waals surface area contributed by atoms with Crippen molar-refractivity contribution in [1.29, 1.82) is 5.26 Å². The van der Waals surface area contributed by atoms with Crippen molar-refractivity contribution in [3.05, 3.63) is 56.8 Å². The summed E-state index contributed by atoms with van der Waals surface area (Å²) >= 11 is 3.18. The van der Waals surface area contributed by atoms with E-state index in [1.165, 1.54) is 19.1 Å². The molecule has 7 heteroatoms. The molecule has 0 aromatic heterocycles. The van der Waals surface area contributed by atoms with Crippen LogP contribution in [0, 0.1) is 17.1 Å². The highest BCUT2D eigenvalue weighted by atomic mass is 79.9. The molecule has 1 aliphatic heterocycles. The van der Waals surface area contributed by atoms with E-state index in [0.717, 1.165) is 0 Å². The minimum atomic E-state index is -0.971. The van der Waals surface area contributed by atoms with Gasteiger partial charge in [0, 0.05) is 10.0 Å². The molecule has 2 rings (SSSR count). The van der Waals surface area contributed by atoms with Crippen LogP contribution in [0.5, 0.6) is 0 Å². The Bertz CT molecular complexity index is 765. The zero-order chi connectivity index (χ0) is 17.1. The van der Waals surface area contributed by atoms with Crippen LogP contribution < -0.4 is 5.73 Å². The predicted octanol–water partition coefficient (Wildman–Crippen LogP) is 3.23. The van der Waals surface area contributed by atoms with E-state index in [0.29, 0.717) is 4.47 Å². The number of carbonyl (C=O) groups excluding carboxylic acids is 1. The van der Waals surface area contributed by atoms with Gasteiger partial charge >= 0.3 is 5.97 Å². The van der Waals surface area contributed by atoms with Crippen molar-refractivity contribution in [1.82, 2.24) is 0 Å². The number of rotatable bonds is 3. The summed E-state index contributed by atoms with van der Waals surface area (Å²) in [5, 5.41) is 9.38.